The van der Waals surface area contributed by atoms with Gasteiger partial charge in [-0.15, -0.1) is 0 Å². The molecule has 0 spiro atoms. The molecule has 3 nitrogen and oxygen atoms in total. The van der Waals surface area contributed by atoms with Crippen molar-refractivity contribution >= 4 is 34.1 Å². The lowest BCUT2D eigenvalue weighted by molar-refractivity contribution is 1.17. The number of rotatable bonds is 1. The summed E-state index contributed by atoms with van der Waals surface area (Å²) in [6.07, 6.45) is 1.52. The highest BCUT2D eigenvalue weighted by molar-refractivity contribution is 6.34. The predicted molar refractivity (Wildman–Crippen MR) is 74.1 cm³/mol. The van der Waals surface area contributed by atoms with E-state index in [1.54, 1.807) is 0 Å². The SMILES string of the molecule is Cc1cc2c(-c3nc(Cl)ncc3Cl)cccc2[nH]1. The van der Waals surface area contributed by atoms with Crippen LogP contribution in [0.1, 0.15) is 5.69 Å². The minimum Gasteiger partial charge on any atom is -0.359 e. The Balaban J connectivity index is 2.34. The van der Waals surface area contributed by atoms with Crippen LogP contribution in [0.15, 0.2) is 30.5 Å². The van der Waals surface area contributed by atoms with Crippen LogP contribution >= 0.6 is 23.2 Å². The first kappa shape index (κ1) is 11.5. The van der Waals surface area contributed by atoms with Crippen LogP contribution in [0.4, 0.5) is 0 Å². The van der Waals surface area contributed by atoms with Gasteiger partial charge in [0.2, 0.25) is 5.28 Å². The number of hydrogen-bond acceptors (Lipinski definition) is 2. The van der Waals surface area contributed by atoms with E-state index in [1.165, 1.54) is 6.20 Å². The van der Waals surface area contributed by atoms with E-state index in [4.69, 9.17) is 23.2 Å². The Kier molecular flexibility index (Phi) is 2.73. The molecule has 1 aromatic carbocycles. The summed E-state index contributed by atoms with van der Waals surface area (Å²) >= 11 is 12.0. The molecule has 0 aliphatic heterocycles. The maximum Gasteiger partial charge on any atom is 0.222 e. The summed E-state index contributed by atoms with van der Waals surface area (Å²) in [7, 11) is 0. The molecule has 0 saturated heterocycles. The lowest BCUT2D eigenvalue weighted by Gasteiger charge is -2.05. The summed E-state index contributed by atoms with van der Waals surface area (Å²) in [5.74, 6) is 0. The maximum atomic E-state index is 6.14. The van der Waals surface area contributed by atoms with E-state index in [1.807, 2.05) is 25.1 Å². The fraction of sp³-hybridized carbons (Fsp3) is 0.0769. The Labute approximate surface area is 114 Å². The van der Waals surface area contributed by atoms with Crippen molar-refractivity contribution in [2.75, 3.05) is 0 Å². The van der Waals surface area contributed by atoms with Gasteiger partial charge in [0, 0.05) is 22.2 Å². The molecule has 0 bridgehead atoms. The molecule has 0 fully saturated rings. The third-order valence-corrected chi connectivity index (χ3v) is 3.23. The molecular formula is C13H9Cl2N3. The Bertz CT molecular complexity index is 734. The Morgan fingerprint density at radius 1 is 1.22 bits per heavy atom. The first-order valence-electron chi connectivity index (χ1n) is 5.42. The van der Waals surface area contributed by atoms with Crippen molar-refractivity contribution in [3.63, 3.8) is 0 Å². The van der Waals surface area contributed by atoms with Crippen molar-refractivity contribution in [3.8, 4) is 11.3 Å². The van der Waals surface area contributed by atoms with Gasteiger partial charge >= 0.3 is 0 Å². The Morgan fingerprint density at radius 2 is 2.06 bits per heavy atom. The molecule has 0 amide bonds. The zero-order valence-electron chi connectivity index (χ0n) is 9.54. The van der Waals surface area contributed by atoms with Gasteiger partial charge in [0.1, 0.15) is 0 Å². The number of hydrogen-bond donors (Lipinski definition) is 1. The molecule has 90 valence electrons. The van der Waals surface area contributed by atoms with Crippen LogP contribution in [-0.2, 0) is 0 Å². The molecule has 0 aliphatic carbocycles. The molecule has 5 heteroatoms. The van der Waals surface area contributed by atoms with E-state index < -0.39 is 0 Å². The molecule has 0 atom stereocenters. The quantitative estimate of drug-likeness (QED) is 0.676. The van der Waals surface area contributed by atoms with E-state index in [-0.39, 0.29) is 5.28 Å². The maximum absolute atomic E-state index is 6.14. The molecule has 2 heterocycles. The second kappa shape index (κ2) is 4.26. The van der Waals surface area contributed by atoms with Crippen LogP contribution in [0.2, 0.25) is 10.3 Å². The number of aromatic amines is 1. The largest absolute Gasteiger partial charge is 0.359 e. The highest BCUT2D eigenvalue weighted by Gasteiger charge is 2.11. The fourth-order valence-corrected chi connectivity index (χ4v) is 2.36. The van der Waals surface area contributed by atoms with Crippen LogP contribution in [0.3, 0.4) is 0 Å². The first-order valence-corrected chi connectivity index (χ1v) is 6.17. The van der Waals surface area contributed by atoms with Gasteiger partial charge in [-0.2, -0.15) is 0 Å². The van der Waals surface area contributed by atoms with Gasteiger partial charge < -0.3 is 4.98 Å². The van der Waals surface area contributed by atoms with Gasteiger partial charge in [0.15, 0.2) is 0 Å². The monoisotopic (exact) mass is 277 g/mol. The second-order valence-corrected chi connectivity index (χ2v) is 4.80. The van der Waals surface area contributed by atoms with E-state index in [0.717, 1.165) is 22.2 Å². The average molecular weight is 278 g/mol. The number of nitrogens with one attached hydrogen (secondary N) is 1. The molecule has 0 radical (unpaired) electrons. The van der Waals surface area contributed by atoms with Gasteiger partial charge in [-0.05, 0) is 30.7 Å². The second-order valence-electron chi connectivity index (χ2n) is 4.05. The molecule has 0 saturated carbocycles. The van der Waals surface area contributed by atoms with E-state index in [9.17, 15) is 0 Å². The lowest BCUT2D eigenvalue weighted by Crippen LogP contribution is -1.89. The van der Waals surface area contributed by atoms with E-state index in [2.05, 4.69) is 21.0 Å². The predicted octanol–water partition coefficient (Wildman–Crippen LogP) is 4.24. The molecule has 3 aromatic rings. The number of halogens is 2. The summed E-state index contributed by atoms with van der Waals surface area (Å²) < 4.78 is 0. The van der Waals surface area contributed by atoms with Crippen LogP contribution in [0.25, 0.3) is 22.2 Å². The van der Waals surface area contributed by atoms with Crippen LogP contribution in [0, 0.1) is 6.92 Å². The Hall–Kier alpha value is -1.58. The standard InChI is InChI=1S/C13H9Cl2N3/c1-7-5-9-8(3-2-4-11(9)17-7)12-10(14)6-16-13(15)18-12/h2-6,17H,1H3. The van der Waals surface area contributed by atoms with Crippen LogP contribution in [-0.4, -0.2) is 15.0 Å². The van der Waals surface area contributed by atoms with Gasteiger partial charge in [0.25, 0.3) is 0 Å². The van der Waals surface area contributed by atoms with Crippen molar-refractivity contribution in [1.29, 1.82) is 0 Å². The molecule has 2 aromatic heterocycles. The third kappa shape index (κ3) is 1.85. The minimum absolute atomic E-state index is 0.193. The summed E-state index contributed by atoms with van der Waals surface area (Å²) in [4.78, 5) is 11.4. The molecule has 18 heavy (non-hydrogen) atoms. The first-order chi connectivity index (χ1) is 8.65. The zero-order valence-corrected chi connectivity index (χ0v) is 11.0. The van der Waals surface area contributed by atoms with Crippen LogP contribution in [0.5, 0.6) is 0 Å². The van der Waals surface area contributed by atoms with Crippen molar-refractivity contribution in [2.24, 2.45) is 0 Å². The molecule has 1 N–H and O–H groups in total. The van der Waals surface area contributed by atoms with Gasteiger partial charge in [-0.25, -0.2) is 9.97 Å². The molecule has 0 aliphatic rings. The number of nitrogens with zero attached hydrogens (tertiary/aromatic N) is 2. The number of fused-ring (bicyclic) bond motifs is 1. The lowest BCUT2D eigenvalue weighted by atomic mass is 10.1. The number of benzene rings is 1. The van der Waals surface area contributed by atoms with Crippen molar-refractivity contribution in [1.82, 2.24) is 15.0 Å². The number of H-pyrrole nitrogens is 1. The topological polar surface area (TPSA) is 41.6 Å². The van der Waals surface area contributed by atoms with Gasteiger partial charge in [-0.1, -0.05) is 23.7 Å². The summed E-state index contributed by atoms with van der Waals surface area (Å²) in [5, 5.41) is 1.76. The summed E-state index contributed by atoms with van der Waals surface area (Å²) in [6, 6.07) is 8.01. The van der Waals surface area contributed by atoms with Gasteiger partial charge in [-0.3, -0.25) is 0 Å². The fourth-order valence-electron chi connectivity index (χ4n) is 2.04. The molecular weight excluding hydrogens is 269 g/mol. The highest BCUT2D eigenvalue weighted by atomic mass is 35.5. The summed E-state index contributed by atoms with van der Waals surface area (Å²) in [5.41, 5.74) is 3.75. The van der Waals surface area contributed by atoms with Crippen molar-refractivity contribution in [2.45, 2.75) is 6.92 Å². The van der Waals surface area contributed by atoms with Crippen molar-refractivity contribution < 1.29 is 0 Å². The van der Waals surface area contributed by atoms with E-state index in [0.29, 0.717) is 10.7 Å². The number of aryl methyl sites for hydroxylation is 1. The molecule has 0 unspecified atom stereocenters. The summed E-state index contributed by atoms with van der Waals surface area (Å²) in [6.45, 7) is 2.01. The normalized spacial score (nSPS) is 11.1. The average Bonchev–Trinajstić information content (AvgIpc) is 2.72. The van der Waals surface area contributed by atoms with Crippen LogP contribution < -0.4 is 0 Å². The van der Waals surface area contributed by atoms with Crippen molar-refractivity contribution in [3.05, 3.63) is 46.5 Å². The molecule has 3 rings (SSSR count). The Morgan fingerprint density at radius 3 is 2.89 bits per heavy atom. The smallest absolute Gasteiger partial charge is 0.222 e. The number of aromatic nitrogens is 3. The zero-order chi connectivity index (χ0) is 12.7. The minimum atomic E-state index is 0.193. The third-order valence-electron chi connectivity index (χ3n) is 2.77. The highest BCUT2D eigenvalue weighted by Crippen LogP contribution is 2.32. The van der Waals surface area contributed by atoms with E-state index >= 15 is 0 Å². The van der Waals surface area contributed by atoms with Gasteiger partial charge in [0.05, 0.1) is 16.9 Å².